The molecule has 128 valence electrons. The molecule has 1 N–H and O–H groups in total. The van der Waals surface area contributed by atoms with Gasteiger partial charge in [0.25, 0.3) is 0 Å². The average molecular weight is 322 g/mol. The van der Waals surface area contributed by atoms with E-state index >= 15 is 0 Å². The molecule has 2 rings (SSSR count). The first-order valence-electron chi connectivity index (χ1n) is 7.97. The standard InChI is InChI=1S/C17H26N2O4/c1-14(20)11-18-7-9-19(10-8-18)17(21)13-23-12-15-3-5-16(22-2)6-4-15/h3-6,14,20H,7-13H2,1-2H3/t14-/m0/s1. The predicted octanol–water partition coefficient (Wildman–Crippen LogP) is 0.737. The molecule has 6 nitrogen and oxygen atoms in total. The molecule has 6 heteroatoms. The number of hydrogen-bond donors (Lipinski definition) is 1. The quantitative estimate of drug-likeness (QED) is 0.802. The first-order valence-corrected chi connectivity index (χ1v) is 7.97. The Hall–Kier alpha value is -1.63. The van der Waals surface area contributed by atoms with Crippen molar-refractivity contribution < 1.29 is 19.4 Å². The third-order valence-corrected chi connectivity index (χ3v) is 3.90. The summed E-state index contributed by atoms with van der Waals surface area (Å²) in [5.74, 6) is 0.829. The van der Waals surface area contributed by atoms with Crippen molar-refractivity contribution in [2.45, 2.75) is 19.6 Å². The van der Waals surface area contributed by atoms with Crippen LogP contribution in [0.3, 0.4) is 0 Å². The number of β-amino-alcohol motifs (C(OH)–C–C–N with tert-alkyl or cyclic N) is 1. The molecule has 0 unspecified atom stereocenters. The van der Waals surface area contributed by atoms with Gasteiger partial charge in [-0.25, -0.2) is 0 Å². The summed E-state index contributed by atoms with van der Waals surface area (Å²) < 4.78 is 10.6. The van der Waals surface area contributed by atoms with Crippen molar-refractivity contribution in [3.05, 3.63) is 29.8 Å². The molecular weight excluding hydrogens is 296 g/mol. The zero-order chi connectivity index (χ0) is 16.7. The summed E-state index contributed by atoms with van der Waals surface area (Å²) in [6.45, 7) is 5.94. The van der Waals surface area contributed by atoms with Gasteiger partial charge < -0.3 is 19.5 Å². The third-order valence-electron chi connectivity index (χ3n) is 3.90. The van der Waals surface area contributed by atoms with Crippen LogP contribution in [0, 0.1) is 0 Å². The maximum atomic E-state index is 12.1. The Balaban J connectivity index is 1.67. The Morgan fingerprint density at radius 3 is 2.43 bits per heavy atom. The van der Waals surface area contributed by atoms with Crippen LogP contribution >= 0.6 is 0 Å². The normalized spacial score (nSPS) is 17.1. The fourth-order valence-electron chi connectivity index (χ4n) is 2.62. The molecular formula is C17H26N2O4. The van der Waals surface area contributed by atoms with Crippen LogP contribution in [0.15, 0.2) is 24.3 Å². The van der Waals surface area contributed by atoms with Crippen LogP contribution in [-0.4, -0.2) is 73.4 Å². The minimum absolute atomic E-state index is 0.0233. The Bertz CT molecular complexity index is 482. The van der Waals surface area contributed by atoms with Crippen LogP contribution in [0.1, 0.15) is 12.5 Å². The molecule has 1 aromatic carbocycles. The highest BCUT2D eigenvalue weighted by Crippen LogP contribution is 2.12. The largest absolute Gasteiger partial charge is 0.497 e. The van der Waals surface area contributed by atoms with Gasteiger partial charge in [-0.05, 0) is 24.6 Å². The van der Waals surface area contributed by atoms with E-state index in [4.69, 9.17) is 9.47 Å². The van der Waals surface area contributed by atoms with Crippen LogP contribution in [-0.2, 0) is 16.1 Å². The predicted molar refractivity (Wildman–Crippen MR) is 87.4 cm³/mol. The molecule has 0 aliphatic carbocycles. The lowest BCUT2D eigenvalue weighted by Crippen LogP contribution is -2.51. The molecule has 0 radical (unpaired) electrons. The average Bonchev–Trinajstić information content (AvgIpc) is 2.55. The monoisotopic (exact) mass is 322 g/mol. The minimum atomic E-state index is -0.329. The van der Waals surface area contributed by atoms with E-state index in [1.165, 1.54) is 0 Å². The molecule has 23 heavy (non-hydrogen) atoms. The Labute approximate surface area is 137 Å². The fraction of sp³-hybridized carbons (Fsp3) is 0.588. The van der Waals surface area contributed by atoms with Crippen molar-refractivity contribution in [2.24, 2.45) is 0 Å². The fourth-order valence-corrected chi connectivity index (χ4v) is 2.62. The second kappa shape index (κ2) is 8.86. The summed E-state index contributed by atoms with van der Waals surface area (Å²) in [6.07, 6.45) is -0.329. The number of aliphatic hydroxyl groups is 1. The minimum Gasteiger partial charge on any atom is -0.497 e. The van der Waals surface area contributed by atoms with Crippen molar-refractivity contribution in [1.82, 2.24) is 9.80 Å². The van der Waals surface area contributed by atoms with E-state index in [9.17, 15) is 9.90 Å². The highest BCUT2D eigenvalue weighted by atomic mass is 16.5. The van der Waals surface area contributed by atoms with Crippen LogP contribution in [0.2, 0.25) is 0 Å². The summed E-state index contributed by atoms with van der Waals surface area (Å²) in [7, 11) is 1.63. The zero-order valence-corrected chi connectivity index (χ0v) is 13.9. The van der Waals surface area contributed by atoms with Crippen LogP contribution in [0.4, 0.5) is 0 Å². The molecule has 1 aliphatic rings. The van der Waals surface area contributed by atoms with Crippen molar-refractivity contribution in [1.29, 1.82) is 0 Å². The molecule has 1 fully saturated rings. The smallest absolute Gasteiger partial charge is 0.248 e. The number of methoxy groups -OCH3 is 1. The molecule has 1 atom stereocenters. The van der Waals surface area contributed by atoms with E-state index in [1.54, 1.807) is 14.0 Å². The van der Waals surface area contributed by atoms with Crippen LogP contribution in [0.5, 0.6) is 5.75 Å². The molecule has 0 aromatic heterocycles. The number of nitrogens with zero attached hydrogens (tertiary/aromatic N) is 2. The first kappa shape index (κ1) is 17.7. The van der Waals surface area contributed by atoms with Gasteiger partial charge in [-0.3, -0.25) is 9.69 Å². The van der Waals surface area contributed by atoms with Gasteiger partial charge in [0.05, 0.1) is 19.8 Å². The van der Waals surface area contributed by atoms with Crippen molar-refractivity contribution >= 4 is 5.91 Å². The number of carbonyl (C=O) groups excluding carboxylic acids is 1. The van der Waals surface area contributed by atoms with Gasteiger partial charge in [0.1, 0.15) is 12.4 Å². The number of rotatable bonds is 7. The Morgan fingerprint density at radius 2 is 1.87 bits per heavy atom. The first-order chi connectivity index (χ1) is 11.1. The Morgan fingerprint density at radius 1 is 1.22 bits per heavy atom. The number of benzene rings is 1. The van der Waals surface area contributed by atoms with Gasteiger partial charge in [-0.1, -0.05) is 12.1 Å². The Kier molecular flexibility index (Phi) is 6.83. The maximum Gasteiger partial charge on any atom is 0.248 e. The van der Waals surface area contributed by atoms with Crippen molar-refractivity contribution in [2.75, 3.05) is 46.4 Å². The van der Waals surface area contributed by atoms with E-state index in [0.717, 1.165) is 24.4 Å². The van der Waals surface area contributed by atoms with E-state index < -0.39 is 0 Å². The van der Waals surface area contributed by atoms with E-state index in [0.29, 0.717) is 26.2 Å². The lowest BCUT2D eigenvalue weighted by Gasteiger charge is -2.35. The van der Waals surface area contributed by atoms with Gasteiger partial charge in [-0.2, -0.15) is 0 Å². The second-order valence-corrected chi connectivity index (χ2v) is 5.87. The molecule has 1 aromatic rings. The molecule has 1 saturated heterocycles. The number of amides is 1. The summed E-state index contributed by atoms with van der Waals surface area (Å²) in [5.41, 5.74) is 1.01. The third kappa shape index (κ3) is 5.82. The molecule has 1 heterocycles. The number of ether oxygens (including phenoxy) is 2. The van der Waals surface area contributed by atoms with Crippen molar-refractivity contribution in [3.8, 4) is 5.75 Å². The molecule has 1 amide bonds. The summed E-state index contributed by atoms with van der Waals surface area (Å²) in [6, 6.07) is 7.61. The van der Waals surface area contributed by atoms with Crippen LogP contribution < -0.4 is 4.74 Å². The number of carbonyl (C=O) groups is 1. The highest BCUT2D eigenvalue weighted by molar-refractivity contribution is 5.77. The van der Waals surface area contributed by atoms with Gasteiger partial charge >= 0.3 is 0 Å². The maximum absolute atomic E-state index is 12.1. The summed E-state index contributed by atoms with van der Waals surface area (Å²) >= 11 is 0. The van der Waals surface area contributed by atoms with Crippen molar-refractivity contribution in [3.63, 3.8) is 0 Å². The van der Waals surface area contributed by atoms with E-state index in [-0.39, 0.29) is 18.6 Å². The van der Waals surface area contributed by atoms with Gasteiger partial charge in [-0.15, -0.1) is 0 Å². The van der Waals surface area contributed by atoms with Gasteiger partial charge in [0, 0.05) is 32.7 Å². The SMILES string of the molecule is COc1ccc(COCC(=O)N2CCN(C[C@H](C)O)CC2)cc1. The summed E-state index contributed by atoms with van der Waals surface area (Å²) in [5, 5.41) is 9.39. The van der Waals surface area contributed by atoms with E-state index in [2.05, 4.69) is 4.90 Å². The number of hydrogen-bond acceptors (Lipinski definition) is 5. The van der Waals surface area contributed by atoms with Gasteiger partial charge in [0.2, 0.25) is 5.91 Å². The lowest BCUT2D eigenvalue weighted by molar-refractivity contribution is -0.138. The van der Waals surface area contributed by atoms with E-state index in [1.807, 2.05) is 29.2 Å². The lowest BCUT2D eigenvalue weighted by atomic mass is 10.2. The van der Waals surface area contributed by atoms with Gasteiger partial charge in [0.15, 0.2) is 0 Å². The van der Waals surface area contributed by atoms with Crippen LogP contribution in [0.25, 0.3) is 0 Å². The number of aliphatic hydroxyl groups excluding tert-OH is 1. The molecule has 0 saturated carbocycles. The molecule has 1 aliphatic heterocycles. The molecule has 0 bridgehead atoms. The molecule has 0 spiro atoms. The second-order valence-electron chi connectivity index (χ2n) is 5.87. The zero-order valence-electron chi connectivity index (χ0n) is 13.9. The number of piperazine rings is 1. The highest BCUT2D eigenvalue weighted by Gasteiger charge is 2.21. The topological polar surface area (TPSA) is 62.2 Å². The summed E-state index contributed by atoms with van der Waals surface area (Å²) in [4.78, 5) is 16.1.